The van der Waals surface area contributed by atoms with Crippen molar-refractivity contribution in [2.45, 2.75) is 20.0 Å². The molecule has 2 rings (SSSR count). The summed E-state index contributed by atoms with van der Waals surface area (Å²) in [5, 5.41) is 3.33. The van der Waals surface area contributed by atoms with Gasteiger partial charge in [-0.25, -0.2) is 4.39 Å². The van der Waals surface area contributed by atoms with Crippen LogP contribution in [0.2, 0.25) is 0 Å². The van der Waals surface area contributed by atoms with Crippen LogP contribution < -0.4 is 5.32 Å². The van der Waals surface area contributed by atoms with Crippen LogP contribution in [-0.2, 0) is 13.1 Å². The summed E-state index contributed by atoms with van der Waals surface area (Å²) >= 11 is 0. The van der Waals surface area contributed by atoms with Crippen LogP contribution in [-0.4, -0.2) is 4.98 Å². The number of aryl methyl sites for hydroxylation is 1. The lowest BCUT2D eigenvalue weighted by Gasteiger charge is -2.07. The van der Waals surface area contributed by atoms with E-state index < -0.39 is 0 Å². The highest BCUT2D eigenvalue weighted by atomic mass is 19.1. The van der Waals surface area contributed by atoms with Crippen molar-refractivity contribution in [1.82, 2.24) is 10.3 Å². The van der Waals surface area contributed by atoms with E-state index in [0.717, 1.165) is 18.7 Å². The maximum atomic E-state index is 12.7. The van der Waals surface area contributed by atoms with Crippen molar-refractivity contribution in [3.63, 3.8) is 0 Å². The molecule has 88 valence electrons. The molecule has 0 bridgehead atoms. The first kappa shape index (κ1) is 11.7. The Morgan fingerprint density at radius 2 is 1.88 bits per heavy atom. The van der Waals surface area contributed by atoms with Crippen LogP contribution in [0.5, 0.6) is 0 Å². The first-order valence-corrected chi connectivity index (χ1v) is 5.60. The fourth-order valence-corrected chi connectivity index (χ4v) is 1.64. The van der Waals surface area contributed by atoms with Gasteiger partial charge in [0.15, 0.2) is 0 Å². The van der Waals surface area contributed by atoms with Crippen LogP contribution >= 0.6 is 0 Å². The molecule has 0 fully saturated rings. The van der Waals surface area contributed by atoms with Crippen molar-refractivity contribution < 1.29 is 4.39 Å². The van der Waals surface area contributed by atoms with Gasteiger partial charge < -0.3 is 5.32 Å². The summed E-state index contributed by atoms with van der Waals surface area (Å²) in [4.78, 5) is 4.05. The monoisotopic (exact) mass is 230 g/mol. The molecule has 17 heavy (non-hydrogen) atoms. The number of nitrogens with zero attached hydrogens (tertiary/aromatic N) is 1. The summed E-state index contributed by atoms with van der Waals surface area (Å²) in [7, 11) is 0. The fraction of sp³-hybridized carbons (Fsp3) is 0.214. The summed E-state index contributed by atoms with van der Waals surface area (Å²) < 4.78 is 12.7. The molecule has 0 saturated heterocycles. The van der Waals surface area contributed by atoms with Gasteiger partial charge in [0.1, 0.15) is 5.82 Å². The third-order valence-electron chi connectivity index (χ3n) is 2.69. The average molecular weight is 230 g/mol. The van der Waals surface area contributed by atoms with Crippen molar-refractivity contribution >= 4 is 0 Å². The van der Waals surface area contributed by atoms with E-state index in [2.05, 4.69) is 10.3 Å². The number of aromatic nitrogens is 1. The third kappa shape index (κ3) is 3.36. The molecule has 0 atom stereocenters. The lowest BCUT2D eigenvalue weighted by molar-refractivity contribution is 0.625. The number of hydrogen-bond donors (Lipinski definition) is 1. The smallest absolute Gasteiger partial charge is 0.123 e. The third-order valence-corrected chi connectivity index (χ3v) is 2.69. The van der Waals surface area contributed by atoms with Gasteiger partial charge in [0.05, 0.1) is 0 Å². The predicted molar refractivity (Wildman–Crippen MR) is 65.9 cm³/mol. The van der Waals surface area contributed by atoms with Gasteiger partial charge in [-0.1, -0.05) is 12.1 Å². The van der Waals surface area contributed by atoms with Crippen molar-refractivity contribution in [3.05, 3.63) is 65.2 Å². The molecular formula is C14H15FN2. The Balaban J connectivity index is 1.88. The fourth-order valence-electron chi connectivity index (χ4n) is 1.64. The van der Waals surface area contributed by atoms with Crippen molar-refractivity contribution in [2.24, 2.45) is 0 Å². The van der Waals surface area contributed by atoms with Crippen LogP contribution in [0.1, 0.15) is 16.7 Å². The molecule has 2 nitrogen and oxygen atoms in total. The second kappa shape index (κ2) is 5.55. The highest BCUT2D eigenvalue weighted by Gasteiger charge is 1.97. The molecule has 1 aromatic heterocycles. The minimum absolute atomic E-state index is 0.196. The number of benzene rings is 1. The molecule has 3 heteroatoms. The number of hydrogen-bond acceptors (Lipinski definition) is 2. The lowest BCUT2D eigenvalue weighted by atomic mass is 10.1. The van der Waals surface area contributed by atoms with E-state index in [9.17, 15) is 4.39 Å². The Bertz CT molecular complexity index is 480. The summed E-state index contributed by atoms with van der Waals surface area (Å²) in [5.41, 5.74) is 3.50. The summed E-state index contributed by atoms with van der Waals surface area (Å²) in [6.07, 6.45) is 3.65. The second-order valence-corrected chi connectivity index (χ2v) is 4.03. The summed E-state index contributed by atoms with van der Waals surface area (Å²) in [6.45, 7) is 3.58. The summed E-state index contributed by atoms with van der Waals surface area (Å²) in [6, 6.07) is 8.56. The molecule has 1 heterocycles. The summed E-state index contributed by atoms with van der Waals surface area (Å²) in [5.74, 6) is -0.196. The topological polar surface area (TPSA) is 24.9 Å². The second-order valence-electron chi connectivity index (χ2n) is 4.03. The van der Waals surface area contributed by atoms with E-state index in [-0.39, 0.29) is 5.82 Å². The molecular weight excluding hydrogens is 215 g/mol. The SMILES string of the molecule is Cc1cnccc1CNCc1ccc(F)cc1. The molecule has 1 N–H and O–H groups in total. The molecule has 0 amide bonds. The number of pyridine rings is 1. The zero-order valence-electron chi connectivity index (χ0n) is 9.78. The molecule has 0 saturated carbocycles. The number of rotatable bonds is 4. The Morgan fingerprint density at radius 1 is 1.12 bits per heavy atom. The van der Waals surface area contributed by atoms with Crippen LogP contribution in [0.15, 0.2) is 42.7 Å². The van der Waals surface area contributed by atoms with Gasteiger partial charge in [0, 0.05) is 25.5 Å². The number of nitrogens with one attached hydrogen (secondary N) is 1. The quantitative estimate of drug-likeness (QED) is 0.873. The Hall–Kier alpha value is -1.74. The van der Waals surface area contributed by atoms with Gasteiger partial charge >= 0.3 is 0 Å². The van der Waals surface area contributed by atoms with Crippen LogP contribution in [0.25, 0.3) is 0 Å². The van der Waals surface area contributed by atoms with Crippen LogP contribution in [0, 0.1) is 12.7 Å². The minimum atomic E-state index is -0.196. The van der Waals surface area contributed by atoms with Crippen LogP contribution in [0.4, 0.5) is 4.39 Å². The predicted octanol–water partition coefficient (Wildman–Crippen LogP) is 2.82. The van der Waals surface area contributed by atoms with Gasteiger partial charge in [-0.15, -0.1) is 0 Å². The lowest BCUT2D eigenvalue weighted by Crippen LogP contribution is -2.13. The number of halogens is 1. The molecule has 0 aliphatic carbocycles. The van der Waals surface area contributed by atoms with Crippen molar-refractivity contribution in [3.8, 4) is 0 Å². The molecule has 0 spiro atoms. The maximum absolute atomic E-state index is 12.7. The standard InChI is InChI=1S/C14H15FN2/c1-11-8-16-7-6-13(11)10-17-9-12-2-4-14(15)5-3-12/h2-8,17H,9-10H2,1H3. The van der Waals surface area contributed by atoms with Crippen molar-refractivity contribution in [1.29, 1.82) is 0 Å². The molecule has 0 unspecified atom stereocenters. The largest absolute Gasteiger partial charge is 0.309 e. The first-order valence-electron chi connectivity index (χ1n) is 5.60. The van der Waals surface area contributed by atoms with Crippen molar-refractivity contribution in [2.75, 3.05) is 0 Å². The molecule has 0 radical (unpaired) electrons. The Morgan fingerprint density at radius 3 is 2.59 bits per heavy atom. The Labute approximate surface area is 101 Å². The molecule has 0 aliphatic rings. The highest BCUT2D eigenvalue weighted by molar-refractivity contribution is 5.21. The molecule has 2 aromatic rings. The minimum Gasteiger partial charge on any atom is -0.309 e. The van der Waals surface area contributed by atoms with E-state index in [1.165, 1.54) is 23.3 Å². The zero-order chi connectivity index (χ0) is 12.1. The van der Waals surface area contributed by atoms with Gasteiger partial charge in [-0.05, 0) is 41.8 Å². The maximum Gasteiger partial charge on any atom is 0.123 e. The Kier molecular flexibility index (Phi) is 3.83. The van der Waals surface area contributed by atoms with E-state index in [1.807, 2.05) is 19.2 Å². The average Bonchev–Trinajstić information content (AvgIpc) is 2.34. The van der Waals surface area contributed by atoms with E-state index in [4.69, 9.17) is 0 Å². The molecule has 0 aliphatic heterocycles. The molecule has 1 aromatic carbocycles. The van der Waals surface area contributed by atoms with Gasteiger partial charge in [0.2, 0.25) is 0 Å². The van der Waals surface area contributed by atoms with Gasteiger partial charge in [-0.3, -0.25) is 4.98 Å². The van der Waals surface area contributed by atoms with E-state index in [0.29, 0.717) is 0 Å². The highest BCUT2D eigenvalue weighted by Crippen LogP contribution is 2.06. The van der Waals surface area contributed by atoms with E-state index in [1.54, 1.807) is 18.3 Å². The normalized spacial score (nSPS) is 10.5. The zero-order valence-corrected chi connectivity index (χ0v) is 9.78. The van der Waals surface area contributed by atoms with Gasteiger partial charge in [-0.2, -0.15) is 0 Å². The van der Waals surface area contributed by atoms with Crippen LogP contribution in [0.3, 0.4) is 0 Å². The van der Waals surface area contributed by atoms with Gasteiger partial charge in [0.25, 0.3) is 0 Å². The van der Waals surface area contributed by atoms with E-state index >= 15 is 0 Å². The first-order chi connectivity index (χ1) is 8.25.